The number of carboxylic acid groups (broad SMARTS) is 1. The molecule has 1 fully saturated rings. The van der Waals surface area contributed by atoms with E-state index in [1.54, 1.807) is 6.92 Å². The van der Waals surface area contributed by atoms with Gasteiger partial charge in [0.1, 0.15) is 12.1 Å². The van der Waals surface area contributed by atoms with E-state index in [4.69, 9.17) is 9.84 Å². The molecule has 1 rings (SSSR count). The molecule has 1 amide bonds. The third kappa shape index (κ3) is 4.00. The minimum atomic E-state index is -1.15. The normalized spacial score (nSPS) is 19.5. The Bertz CT molecular complexity index is 317. The molecule has 1 atom stereocenters. The van der Waals surface area contributed by atoms with E-state index in [1.807, 2.05) is 20.8 Å². The lowest BCUT2D eigenvalue weighted by Gasteiger charge is -2.27. The number of aliphatic carboxylic acids is 1. The molecule has 0 saturated heterocycles. The number of carbonyl (C=O) groups is 2. The molecule has 17 heavy (non-hydrogen) atoms. The SMILES string of the molecule is CC(C)(C)OCC(=O)NC(C)(C(=O)O)C1CC1. The van der Waals surface area contributed by atoms with Gasteiger partial charge in [0.25, 0.3) is 0 Å². The first-order chi connectivity index (χ1) is 7.65. The average Bonchev–Trinajstić information content (AvgIpc) is 2.96. The van der Waals surface area contributed by atoms with Gasteiger partial charge in [-0.1, -0.05) is 0 Å². The Hall–Kier alpha value is -1.10. The molecule has 0 radical (unpaired) electrons. The van der Waals surface area contributed by atoms with Crippen LogP contribution in [0.1, 0.15) is 40.5 Å². The van der Waals surface area contributed by atoms with Crippen molar-refractivity contribution >= 4 is 11.9 Å². The number of carboxylic acids is 1. The highest BCUT2D eigenvalue weighted by atomic mass is 16.5. The fraction of sp³-hybridized carbons (Fsp3) is 0.833. The van der Waals surface area contributed by atoms with E-state index >= 15 is 0 Å². The lowest BCUT2D eigenvalue weighted by molar-refractivity contribution is -0.149. The summed E-state index contributed by atoms with van der Waals surface area (Å²) in [4.78, 5) is 22.8. The van der Waals surface area contributed by atoms with Crippen molar-refractivity contribution in [3.05, 3.63) is 0 Å². The van der Waals surface area contributed by atoms with E-state index in [-0.39, 0.29) is 18.4 Å². The quantitative estimate of drug-likeness (QED) is 0.760. The molecule has 1 saturated carbocycles. The van der Waals surface area contributed by atoms with Crippen LogP contribution in [0, 0.1) is 5.92 Å². The highest BCUT2D eigenvalue weighted by molar-refractivity contribution is 5.87. The number of carbonyl (C=O) groups excluding carboxylic acids is 1. The molecular formula is C12H21NO4. The topological polar surface area (TPSA) is 75.6 Å². The number of hydrogen-bond acceptors (Lipinski definition) is 3. The van der Waals surface area contributed by atoms with Crippen molar-refractivity contribution in [2.45, 2.75) is 51.7 Å². The molecule has 1 unspecified atom stereocenters. The molecule has 0 aromatic heterocycles. The highest BCUT2D eigenvalue weighted by Crippen LogP contribution is 2.39. The van der Waals surface area contributed by atoms with Gasteiger partial charge in [0.15, 0.2) is 0 Å². The van der Waals surface area contributed by atoms with Gasteiger partial charge in [-0.15, -0.1) is 0 Å². The monoisotopic (exact) mass is 243 g/mol. The second-order valence-electron chi connectivity index (χ2n) is 5.73. The van der Waals surface area contributed by atoms with Crippen LogP contribution in [0.4, 0.5) is 0 Å². The summed E-state index contributed by atoms with van der Waals surface area (Å²) in [6.45, 7) is 6.98. The summed E-state index contributed by atoms with van der Waals surface area (Å²) in [5, 5.41) is 11.7. The van der Waals surface area contributed by atoms with Crippen LogP contribution in [0.25, 0.3) is 0 Å². The van der Waals surface area contributed by atoms with E-state index in [1.165, 1.54) is 0 Å². The summed E-state index contributed by atoms with van der Waals surface area (Å²) in [6.07, 6.45) is 1.70. The van der Waals surface area contributed by atoms with Crippen molar-refractivity contribution in [3.8, 4) is 0 Å². The minimum absolute atomic E-state index is 0.0404. The smallest absolute Gasteiger partial charge is 0.329 e. The van der Waals surface area contributed by atoms with Gasteiger partial charge < -0.3 is 15.2 Å². The Morgan fingerprint density at radius 3 is 2.18 bits per heavy atom. The van der Waals surface area contributed by atoms with Gasteiger partial charge >= 0.3 is 5.97 Å². The molecule has 1 aliphatic rings. The molecule has 0 spiro atoms. The average molecular weight is 243 g/mol. The molecule has 0 aromatic rings. The van der Waals surface area contributed by atoms with Gasteiger partial charge in [-0.3, -0.25) is 4.79 Å². The molecule has 98 valence electrons. The maximum atomic E-state index is 11.6. The van der Waals surface area contributed by atoms with Gasteiger partial charge in [-0.2, -0.15) is 0 Å². The summed E-state index contributed by atoms with van der Waals surface area (Å²) in [5.74, 6) is -1.32. The van der Waals surface area contributed by atoms with Crippen LogP contribution >= 0.6 is 0 Å². The highest BCUT2D eigenvalue weighted by Gasteiger charge is 2.48. The molecule has 0 heterocycles. The first-order valence-electron chi connectivity index (χ1n) is 5.83. The molecular weight excluding hydrogens is 222 g/mol. The Morgan fingerprint density at radius 1 is 1.29 bits per heavy atom. The minimum Gasteiger partial charge on any atom is -0.480 e. The first kappa shape index (κ1) is 14.0. The van der Waals surface area contributed by atoms with E-state index < -0.39 is 17.1 Å². The molecule has 2 N–H and O–H groups in total. The summed E-state index contributed by atoms with van der Waals surface area (Å²) >= 11 is 0. The van der Waals surface area contributed by atoms with Gasteiger partial charge in [0.05, 0.1) is 5.60 Å². The predicted molar refractivity (Wildman–Crippen MR) is 62.6 cm³/mol. The zero-order valence-corrected chi connectivity index (χ0v) is 10.9. The fourth-order valence-electron chi connectivity index (χ4n) is 1.60. The van der Waals surface area contributed by atoms with Crippen molar-refractivity contribution in [2.75, 3.05) is 6.61 Å². The van der Waals surface area contributed by atoms with Crippen molar-refractivity contribution in [1.82, 2.24) is 5.32 Å². The standard InChI is InChI=1S/C12H21NO4/c1-11(2,3)17-7-9(14)13-12(4,10(15)16)8-5-6-8/h8H,5-7H2,1-4H3,(H,13,14)(H,15,16). The maximum absolute atomic E-state index is 11.6. The van der Waals surface area contributed by atoms with Crippen LogP contribution in [0.15, 0.2) is 0 Å². The molecule has 0 aromatic carbocycles. The summed E-state index contributed by atoms with van der Waals surface area (Å²) in [7, 11) is 0. The van der Waals surface area contributed by atoms with Crippen molar-refractivity contribution in [3.63, 3.8) is 0 Å². The third-order valence-corrected chi connectivity index (χ3v) is 2.87. The maximum Gasteiger partial charge on any atom is 0.329 e. The van der Waals surface area contributed by atoms with Crippen LogP contribution in [0.2, 0.25) is 0 Å². The first-order valence-corrected chi connectivity index (χ1v) is 5.83. The number of rotatable bonds is 5. The number of amides is 1. The Kier molecular flexibility index (Phi) is 3.81. The second kappa shape index (κ2) is 4.64. The van der Waals surface area contributed by atoms with Crippen LogP contribution < -0.4 is 5.32 Å². The van der Waals surface area contributed by atoms with E-state index in [9.17, 15) is 9.59 Å². The van der Waals surface area contributed by atoms with Crippen molar-refractivity contribution in [2.24, 2.45) is 5.92 Å². The van der Waals surface area contributed by atoms with Crippen LogP contribution in [0.5, 0.6) is 0 Å². The number of ether oxygens (including phenoxy) is 1. The summed E-state index contributed by atoms with van der Waals surface area (Å²) in [5.41, 5.74) is -1.56. The largest absolute Gasteiger partial charge is 0.480 e. The zero-order valence-electron chi connectivity index (χ0n) is 10.9. The Balaban J connectivity index is 2.51. The molecule has 5 nitrogen and oxygen atoms in total. The molecule has 1 aliphatic carbocycles. The number of nitrogens with one attached hydrogen (secondary N) is 1. The van der Waals surface area contributed by atoms with E-state index in [0.717, 1.165) is 12.8 Å². The fourth-order valence-corrected chi connectivity index (χ4v) is 1.60. The van der Waals surface area contributed by atoms with Crippen LogP contribution in [-0.4, -0.2) is 34.7 Å². The van der Waals surface area contributed by atoms with Gasteiger partial charge in [-0.25, -0.2) is 4.79 Å². The van der Waals surface area contributed by atoms with E-state index in [2.05, 4.69) is 5.32 Å². The second-order valence-corrected chi connectivity index (χ2v) is 5.73. The predicted octanol–water partition coefficient (Wildman–Crippen LogP) is 1.17. The number of hydrogen-bond donors (Lipinski definition) is 2. The van der Waals surface area contributed by atoms with E-state index in [0.29, 0.717) is 0 Å². The summed E-state index contributed by atoms with van der Waals surface area (Å²) in [6, 6.07) is 0. The van der Waals surface area contributed by atoms with Gasteiger partial charge in [0.2, 0.25) is 5.91 Å². The molecule has 0 bridgehead atoms. The lowest BCUT2D eigenvalue weighted by Crippen LogP contribution is -2.55. The zero-order chi connectivity index (χ0) is 13.3. The van der Waals surface area contributed by atoms with Gasteiger partial charge in [0, 0.05) is 0 Å². The van der Waals surface area contributed by atoms with Crippen LogP contribution in [-0.2, 0) is 14.3 Å². The molecule has 5 heteroatoms. The Morgan fingerprint density at radius 2 is 1.82 bits per heavy atom. The summed E-state index contributed by atoms with van der Waals surface area (Å²) < 4.78 is 5.31. The lowest BCUT2D eigenvalue weighted by atomic mass is 9.96. The molecule has 0 aliphatic heterocycles. The van der Waals surface area contributed by atoms with Gasteiger partial charge in [-0.05, 0) is 46.5 Å². The van der Waals surface area contributed by atoms with Crippen molar-refractivity contribution < 1.29 is 19.4 Å². The third-order valence-electron chi connectivity index (χ3n) is 2.87. The van der Waals surface area contributed by atoms with Crippen molar-refractivity contribution in [1.29, 1.82) is 0 Å². The Labute approximate surface area is 102 Å². The van der Waals surface area contributed by atoms with Crippen LogP contribution in [0.3, 0.4) is 0 Å².